The summed E-state index contributed by atoms with van der Waals surface area (Å²) in [7, 11) is 0. The molecule has 0 saturated heterocycles. The highest BCUT2D eigenvalue weighted by Crippen LogP contribution is 2.14. The number of urea groups is 1. The Hall–Kier alpha value is -0.990. The Balaban J connectivity index is 2.68. The molecule has 0 aromatic rings. The minimum Gasteiger partial charge on any atom is -0.321 e. The van der Waals surface area contributed by atoms with Gasteiger partial charge < -0.3 is 4.90 Å². The zero-order valence-corrected chi connectivity index (χ0v) is 9.42. The first-order chi connectivity index (χ1) is 6.70. The van der Waals surface area contributed by atoms with Gasteiger partial charge in [0, 0.05) is 25.3 Å². The van der Waals surface area contributed by atoms with Gasteiger partial charge in [0.05, 0.1) is 0 Å². The van der Waals surface area contributed by atoms with Crippen LogP contribution >= 0.6 is 0 Å². The number of amides is 2. The monoisotopic (exact) mass is 196 g/mol. The van der Waals surface area contributed by atoms with Crippen LogP contribution < -0.4 is 0 Å². The Labute approximate surface area is 86.4 Å². The molecule has 0 aliphatic carbocycles. The first kappa shape index (κ1) is 11.1. The van der Waals surface area contributed by atoms with Gasteiger partial charge in [-0.1, -0.05) is 13.8 Å². The van der Waals surface area contributed by atoms with Gasteiger partial charge in [0.1, 0.15) is 0 Å². The van der Waals surface area contributed by atoms with E-state index in [1.165, 1.54) is 0 Å². The van der Waals surface area contributed by atoms with Crippen molar-refractivity contribution < 1.29 is 4.79 Å². The SMILES string of the molecule is CCCN1CC=C(C)N(CCC)C1=O. The van der Waals surface area contributed by atoms with E-state index in [9.17, 15) is 4.79 Å². The number of rotatable bonds is 4. The van der Waals surface area contributed by atoms with Gasteiger partial charge in [-0.25, -0.2) is 4.79 Å². The van der Waals surface area contributed by atoms with E-state index >= 15 is 0 Å². The molecule has 14 heavy (non-hydrogen) atoms. The largest absolute Gasteiger partial charge is 0.324 e. The lowest BCUT2D eigenvalue weighted by Gasteiger charge is -2.34. The lowest BCUT2D eigenvalue weighted by Crippen LogP contribution is -2.46. The molecule has 0 aromatic heterocycles. The minimum absolute atomic E-state index is 0.175. The maximum absolute atomic E-state index is 11.9. The standard InChI is InChI=1S/C11H20N2O/c1-4-7-12-9-6-10(3)13(8-5-2)11(12)14/h6H,4-5,7-9H2,1-3H3. The minimum atomic E-state index is 0.175. The molecule has 0 fully saturated rings. The molecule has 0 unspecified atom stereocenters. The van der Waals surface area contributed by atoms with E-state index in [1.807, 2.05) is 16.7 Å². The van der Waals surface area contributed by atoms with Crippen LogP contribution in [0, 0.1) is 0 Å². The predicted octanol–water partition coefficient (Wildman–Crippen LogP) is 2.45. The molecule has 0 saturated carbocycles. The van der Waals surface area contributed by atoms with Gasteiger partial charge in [-0.05, 0) is 25.8 Å². The molecule has 0 spiro atoms. The van der Waals surface area contributed by atoms with Gasteiger partial charge in [0.25, 0.3) is 0 Å². The third kappa shape index (κ3) is 2.28. The maximum Gasteiger partial charge on any atom is 0.324 e. The molecule has 1 aliphatic heterocycles. The van der Waals surface area contributed by atoms with E-state index in [0.29, 0.717) is 0 Å². The number of hydrogen-bond acceptors (Lipinski definition) is 1. The molecule has 0 bridgehead atoms. The normalized spacial score (nSPS) is 17.4. The summed E-state index contributed by atoms with van der Waals surface area (Å²) < 4.78 is 0. The van der Waals surface area contributed by atoms with Crippen LogP contribution in [0.5, 0.6) is 0 Å². The smallest absolute Gasteiger partial charge is 0.321 e. The Morgan fingerprint density at radius 1 is 1.29 bits per heavy atom. The van der Waals surface area contributed by atoms with Gasteiger partial charge in [-0.2, -0.15) is 0 Å². The molecular weight excluding hydrogens is 176 g/mol. The first-order valence-electron chi connectivity index (χ1n) is 5.43. The van der Waals surface area contributed by atoms with Gasteiger partial charge in [-0.3, -0.25) is 4.90 Å². The Bertz CT molecular complexity index is 235. The van der Waals surface area contributed by atoms with E-state index in [1.54, 1.807) is 0 Å². The fourth-order valence-electron chi connectivity index (χ4n) is 1.70. The van der Waals surface area contributed by atoms with Crippen molar-refractivity contribution in [3.8, 4) is 0 Å². The third-order valence-electron chi connectivity index (χ3n) is 2.48. The van der Waals surface area contributed by atoms with Gasteiger partial charge in [-0.15, -0.1) is 0 Å². The lowest BCUT2D eigenvalue weighted by atomic mass is 10.2. The number of allylic oxidation sites excluding steroid dienone is 1. The van der Waals surface area contributed by atoms with Crippen molar-refractivity contribution in [2.45, 2.75) is 33.6 Å². The summed E-state index contributed by atoms with van der Waals surface area (Å²) in [5, 5.41) is 0. The highest BCUT2D eigenvalue weighted by Gasteiger charge is 2.23. The number of nitrogens with zero attached hydrogens (tertiary/aromatic N) is 2. The summed E-state index contributed by atoms with van der Waals surface area (Å²) in [5.41, 5.74) is 1.10. The summed E-state index contributed by atoms with van der Waals surface area (Å²) in [6.07, 6.45) is 4.17. The van der Waals surface area contributed by atoms with Crippen LogP contribution in [-0.2, 0) is 0 Å². The van der Waals surface area contributed by atoms with Crippen LogP contribution in [0.4, 0.5) is 4.79 Å². The summed E-state index contributed by atoms with van der Waals surface area (Å²) in [6.45, 7) is 8.68. The van der Waals surface area contributed by atoms with Crippen LogP contribution in [-0.4, -0.2) is 35.5 Å². The third-order valence-corrected chi connectivity index (χ3v) is 2.48. The summed E-state index contributed by atoms with van der Waals surface area (Å²) in [6, 6.07) is 0.175. The second kappa shape index (κ2) is 5.03. The lowest BCUT2D eigenvalue weighted by molar-refractivity contribution is 0.163. The molecule has 3 heteroatoms. The second-order valence-electron chi connectivity index (χ2n) is 3.73. The Kier molecular flexibility index (Phi) is 3.98. The van der Waals surface area contributed by atoms with Gasteiger partial charge in [0.2, 0.25) is 0 Å². The topological polar surface area (TPSA) is 23.6 Å². The van der Waals surface area contributed by atoms with Crippen molar-refractivity contribution >= 4 is 6.03 Å². The molecule has 1 aliphatic rings. The highest BCUT2D eigenvalue weighted by molar-refractivity contribution is 5.77. The molecule has 1 heterocycles. The van der Waals surface area contributed by atoms with Crippen LogP contribution in [0.25, 0.3) is 0 Å². The van der Waals surface area contributed by atoms with Crippen molar-refractivity contribution in [1.29, 1.82) is 0 Å². The van der Waals surface area contributed by atoms with Crippen molar-refractivity contribution in [3.63, 3.8) is 0 Å². The van der Waals surface area contributed by atoms with E-state index in [4.69, 9.17) is 0 Å². The van der Waals surface area contributed by atoms with Crippen molar-refractivity contribution in [2.24, 2.45) is 0 Å². The highest BCUT2D eigenvalue weighted by atomic mass is 16.2. The molecule has 1 rings (SSSR count). The molecular formula is C11H20N2O. The Morgan fingerprint density at radius 2 is 1.93 bits per heavy atom. The van der Waals surface area contributed by atoms with Crippen molar-refractivity contribution in [3.05, 3.63) is 11.8 Å². The number of carbonyl (C=O) groups is 1. The number of carbonyl (C=O) groups excluding carboxylic acids is 1. The fraction of sp³-hybridized carbons (Fsp3) is 0.727. The maximum atomic E-state index is 11.9. The van der Waals surface area contributed by atoms with Crippen LogP contribution in [0.2, 0.25) is 0 Å². The van der Waals surface area contributed by atoms with Crippen LogP contribution in [0.3, 0.4) is 0 Å². The zero-order chi connectivity index (χ0) is 10.6. The van der Waals surface area contributed by atoms with Gasteiger partial charge in [0.15, 0.2) is 0 Å². The summed E-state index contributed by atoms with van der Waals surface area (Å²) in [5.74, 6) is 0. The summed E-state index contributed by atoms with van der Waals surface area (Å²) >= 11 is 0. The number of hydrogen-bond donors (Lipinski definition) is 0. The van der Waals surface area contributed by atoms with E-state index in [2.05, 4.69) is 19.9 Å². The molecule has 0 aromatic carbocycles. The molecule has 2 amide bonds. The van der Waals surface area contributed by atoms with E-state index in [0.717, 1.165) is 38.2 Å². The molecule has 0 radical (unpaired) electrons. The predicted molar refractivity (Wildman–Crippen MR) is 58.0 cm³/mol. The molecule has 0 N–H and O–H groups in total. The second-order valence-corrected chi connectivity index (χ2v) is 3.73. The fourth-order valence-corrected chi connectivity index (χ4v) is 1.70. The van der Waals surface area contributed by atoms with Crippen molar-refractivity contribution in [1.82, 2.24) is 9.80 Å². The van der Waals surface area contributed by atoms with Gasteiger partial charge >= 0.3 is 6.03 Å². The molecule has 0 atom stereocenters. The average Bonchev–Trinajstić information content (AvgIpc) is 2.17. The van der Waals surface area contributed by atoms with Crippen molar-refractivity contribution in [2.75, 3.05) is 19.6 Å². The average molecular weight is 196 g/mol. The molecule has 3 nitrogen and oxygen atoms in total. The Morgan fingerprint density at radius 3 is 2.50 bits per heavy atom. The van der Waals surface area contributed by atoms with Crippen LogP contribution in [0.15, 0.2) is 11.8 Å². The van der Waals surface area contributed by atoms with E-state index < -0.39 is 0 Å². The van der Waals surface area contributed by atoms with Crippen LogP contribution in [0.1, 0.15) is 33.6 Å². The quantitative estimate of drug-likeness (QED) is 0.677. The summed E-state index contributed by atoms with van der Waals surface area (Å²) in [4.78, 5) is 15.7. The van der Waals surface area contributed by atoms with E-state index in [-0.39, 0.29) is 6.03 Å². The molecule has 80 valence electrons. The zero-order valence-electron chi connectivity index (χ0n) is 9.42. The first-order valence-corrected chi connectivity index (χ1v) is 5.43.